The van der Waals surface area contributed by atoms with Crippen molar-refractivity contribution in [1.82, 2.24) is 10.6 Å². The molecule has 1 unspecified atom stereocenters. The number of likely N-dealkylation sites (N-methyl/N-ethyl adjacent to an activating group) is 1. The number of hydrogen-bond acceptors (Lipinski definition) is 3. The second-order valence-electron chi connectivity index (χ2n) is 6.81. The van der Waals surface area contributed by atoms with Crippen molar-refractivity contribution in [1.29, 1.82) is 0 Å². The zero-order valence-electron chi connectivity index (χ0n) is 16.5. The number of nitrogens with two attached hydrogens (primary N) is 1. The van der Waals surface area contributed by atoms with Gasteiger partial charge in [-0.15, -0.1) is 0 Å². The van der Waals surface area contributed by atoms with Crippen molar-refractivity contribution < 1.29 is 14.4 Å². The van der Waals surface area contributed by atoms with Crippen LogP contribution in [0.15, 0.2) is 84.9 Å². The molecule has 3 amide bonds. The van der Waals surface area contributed by atoms with Gasteiger partial charge in [-0.1, -0.05) is 60.7 Å². The largest absolute Gasteiger partial charge is 0.366 e. The van der Waals surface area contributed by atoms with Crippen LogP contribution in [0.4, 0.5) is 0 Å². The normalized spacial score (nSPS) is 11.5. The smallest absolute Gasteiger partial charge is 0.251 e. The number of carbonyl (C=O) groups is 3. The lowest BCUT2D eigenvalue weighted by Gasteiger charge is -2.28. The number of primary amides is 1. The van der Waals surface area contributed by atoms with E-state index in [9.17, 15) is 14.4 Å². The first kappa shape index (κ1) is 20.8. The molecule has 0 spiro atoms. The van der Waals surface area contributed by atoms with E-state index in [2.05, 4.69) is 10.6 Å². The molecule has 6 heteroatoms. The lowest BCUT2D eigenvalue weighted by atomic mass is 9.84. The number of nitrogens with one attached hydrogen (secondary N) is 2. The summed E-state index contributed by atoms with van der Waals surface area (Å²) in [5.41, 5.74) is 7.70. The maximum Gasteiger partial charge on any atom is 0.251 e. The van der Waals surface area contributed by atoms with Crippen LogP contribution in [0.25, 0.3) is 0 Å². The highest BCUT2D eigenvalue weighted by Crippen LogP contribution is 2.28. The monoisotopic (exact) mass is 401 g/mol. The summed E-state index contributed by atoms with van der Waals surface area (Å²) >= 11 is 0. The Balaban J connectivity index is 1.97. The molecular weight excluding hydrogens is 378 g/mol. The van der Waals surface area contributed by atoms with Crippen LogP contribution < -0.4 is 16.4 Å². The lowest BCUT2D eigenvalue weighted by molar-refractivity contribution is -0.122. The average molecular weight is 401 g/mol. The van der Waals surface area contributed by atoms with Crippen LogP contribution in [0.2, 0.25) is 0 Å². The van der Waals surface area contributed by atoms with Gasteiger partial charge in [0.2, 0.25) is 11.8 Å². The summed E-state index contributed by atoms with van der Waals surface area (Å²) in [5.74, 6) is -1.69. The summed E-state index contributed by atoms with van der Waals surface area (Å²) in [6, 6.07) is 24.3. The third-order valence-electron chi connectivity index (χ3n) is 4.90. The van der Waals surface area contributed by atoms with Crippen molar-refractivity contribution in [3.05, 3.63) is 107 Å². The highest BCUT2D eigenvalue weighted by atomic mass is 16.2. The van der Waals surface area contributed by atoms with Gasteiger partial charge in [0, 0.05) is 24.1 Å². The maximum absolute atomic E-state index is 12.9. The van der Waals surface area contributed by atoms with Gasteiger partial charge in [0.15, 0.2) is 0 Å². The highest BCUT2D eigenvalue weighted by molar-refractivity contribution is 5.99. The lowest BCUT2D eigenvalue weighted by Crippen LogP contribution is -2.49. The fourth-order valence-electron chi connectivity index (χ4n) is 3.36. The molecule has 3 aromatic rings. The van der Waals surface area contributed by atoms with Crippen molar-refractivity contribution in [2.24, 2.45) is 5.73 Å². The Bertz CT molecular complexity index is 979. The van der Waals surface area contributed by atoms with E-state index in [4.69, 9.17) is 5.73 Å². The molecule has 0 aliphatic rings. The molecule has 0 heterocycles. The molecule has 4 N–H and O–H groups in total. The van der Waals surface area contributed by atoms with Crippen LogP contribution in [0, 0.1) is 0 Å². The van der Waals surface area contributed by atoms with Crippen molar-refractivity contribution in [2.75, 3.05) is 7.05 Å². The number of carbonyl (C=O) groups excluding carboxylic acids is 3. The van der Waals surface area contributed by atoms with Gasteiger partial charge in [-0.25, -0.2) is 0 Å². The van der Waals surface area contributed by atoms with Crippen LogP contribution in [0.5, 0.6) is 0 Å². The van der Waals surface area contributed by atoms with Crippen molar-refractivity contribution >= 4 is 17.7 Å². The summed E-state index contributed by atoms with van der Waals surface area (Å²) in [7, 11) is 1.54. The molecule has 0 aliphatic carbocycles. The fourth-order valence-corrected chi connectivity index (χ4v) is 3.36. The molecule has 0 bridgehead atoms. The number of amides is 3. The van der Waals surface area contributed by atoms with Crippen LogP contribution >= 0.6 is 0 Å². The van der Waals surface area contributed by atoms with E-state index in [1.807, 2.05) is 60.7 Å². The molecule has 0 aliphatic heterocycles. The summed E-state index contributed by atoms with van der Waals surface area (Å²) < 4.78 is 0. The Labute approximate surface area is 175 Å². The first-order chi connectivity index (χ1) is 14.5. The van der Waals surface area contributed by atoms with E-state index in [1.165, 1.54) is 31.3 Å². The van der Waals surface area contributed by atoms with Gasteiger partial charge in [-0.05, 0) is 35.4 Å². The average Bonchev–Trinajstić information content (AvgIpc) is 2.79. The van der Waals surface area contributed by atoms with Crippen LogP contribution in [0.1, 0.15) is 37.8 Å². The topological polar surface area (TPSA) is 101 Å². The molecule has 0 fully saturated rings. The molecule has 6 nitrogen and oxygen atoms in total. The Morgan fingerprint density at radius 3 is 1.63 bits per heavy atom. The predicted octanol–water partition coefficient (Wildman–Crippen LogP) is 2.46. The first-order valence-electron chi connectivity index (χ1n) is 9.53. The Hall–Kier alpha value is -3.93. The van der Waals surface area contributed by atoms with Gasteiger partial charge in [-0.3, -0.25) is 14.4 Å². The fraction of sp³-hybridized carbons (Fsp3) is 0.125. The standard InChI is InChI=1S/C24H23N3O3/c1-26-24(30)21(27-23(29)19-14-12-18(13-15-19)22(25)28)20(16-8-4-2-5-9-16)17-10-6-3-7-11-17/h2-15,20-21H,1H3,(H2,25,28)(H,26,30)(H,27,29). The van der Waals surface area contributed by atoms with Crippen molar-refractivity contribution in [3.8, 4) is 0 Å². The van der Waals surface area contributed by atoms with Gasteiger partial charge in [-0.2, -0.15) is 0 Å². The third-order valence-corrected chi connectivity index (χ3v) is 4.90. The minimum absolute atomic E-state index is 0.306. The quantitative estimate of drug-likeness (QED) is 0.567. The Kier molecular flexibility index (Phi) is 6.60. The SMILES string of the molecule is CNC(=O)C(NC(=O)c1ccc(C(N)=O)cc1)C(c1ccccc1)c1ccccc1. The molecular formula is C24H23N3O3. The second kappa shape index (κ2) is 9.52. The minimum atomic E-state index is -0.844. The van der Waals surface area contributed by atoms with Gasteiger partial charge in [0.1, 0.15) is 6.04 Å². The molecule has 152 valence electrons. The van der Waals surface area contributed by atoms with Gasteiger partial charge < -0.3 is 16.4 Å². The molecule has 3 aromatic carbocycles. The molecule has 0 aromatic heterocycles. The Morgan fingerprint density at radius 2 is 1.20 bits per heavy atom. The molecule has 0 saturated heterocycles. The molecule has 0 radical (unpaired) electrons. The third kappa shape index (κ3) is 4.72. The van der Waals surface area contributed by atoms with Crippen molar-refractivity contribution in [2.45, 2.75) is 12.0 Å². The van der Waals surface area contributed by atoms with E-state index in [-0.39, 0.29) is 11.8 Å². The van der Waals surface area contributed by atoms with Crippen LogP contribution in [-0.2, 0) is 4.79 Å². The zero-order chi connectivity index (χ0) is 21.5. The van der Waals surface area contributed by atoms with E-state index in [0.29, 0.717) is 11.1 Å². The molecule has 1 atom stereocenters. The molecule has 3 rings (SSSR count). The van der Waals surface area contributed by atoms with Crippen LogP contribution in [-0.4, -0.2) is 30.8 Å². The Morgan fingerprint density at radius 1 is 0.733 bits per heavy atom. The van der Waals surface area contributed by atoms with Crippen LogP contribution in [0.3, 0.4) is 0 Å². The predicted molar refractivity (Wildman–Crippen MR) is 115 cm³/mol. The first-order valence-corrected chi connectivity index (χ1v) is 9.53. The van der Waals surface area contributed by atoms with Gasteiger partial charge >= 0.3 is 0 Å². The second-order valence-corrected chi connectivity index (χ2v) is 6.81. The van der Waals surface area contributed by atoms with Crippen molar-refractivity contribution in [3.63, 3.8) is 0 Å². The van der Waals surface area contributed by atoms with E-state index in [1.54, 1.807) is 0 Å². The number of rotatable bonds is 7. The summed E-state index contributed by atoms with van der Waals surface area (Å²) in [6.45, 7) is 0. The summed E-state index contributed by atoms with van der Waals surface area (Å²) in [6.07, 6.45) is 0. The van der Waals surface area contributed by atoms with E-state index >= 15 is 0 Å². The highest BCUT2D eigenvalue weighted by Gasteiger charge is 2.32. The molecule has 0 saturated carbocycles. The number of hydrogen-bond donors (Lipinski definition) is 3. The zero-order valence-corrected chi connectivity index (χ0v) is 16.5. The van der Waals surface area contributed by atoms with Gasteiger partial charge in [0.05, 0.1) is 0 Å². The maximum atomic E-state index is 12.9. The summed E-state index contributed by atoms with van der Waals surface area (Å²) in [4.78, 5) is 37.0. The summed E-state index contributed by atoms with van der Waals surface area (Å²) in [5, 5.41) is 5.51. The molecule has 30 heavy (non-hydrogen) atoms. The van der Waals surface area contributed by atoms with E-state index in [0.717, 1.165) is 11.1 Å². The minimum Gasteiger partial charge on any atom is -0.366 e. The van der Waals surface area contributed by atoms with Gasteiger partial charge in [0.25, 0.3) is 5.91 Å². The number of benzene rings is 3. The van der Waals surface area contributed by atoms with E-state index < -0.39 is 17.9 Å².